The topological polar surface area (TPSA) is 196 Å². The second-order valence-electron chi connectivity index (χ2n) is 10.5. The number of aliphatic hydroxyl groups excluding tert-OH is 4. The van der Waals surface area contributed by atoms with Crippen LogP contribution in [0, 0.1) is 0 Å². The van der Waals surface area contributed by atoms with Crippen molar-refractivity contribution in [1.29, 1.82) is 0 Å². The zero-order valence-corrected chi connectivity index (χ0v) is 23.0. The van der Waals surface area contributed by atoms with Crippen molar-refractivity contribution in [3.05, 3.63) is 63.4 Å². The number of carbonyl (C=O) groups is 2. The van der Waals surface area contributed by atoms with Crippen LogP contribution in [-0.2, 0) is 47.2 Å². The van der Waals surface area contributed by atoms with Crippen LogP contribution < -0.4 is 5.56 Å². The Labute approximate surface area is 244 Å². The Morgan fingerprint density at radius 2 is 1.91 bits per heavy atom. The van der Waals surface area contributed by atoms with Crippen molar-refractivity contribution in [2.45, 2.75) is 62.8 Å². The molecule has 0 aliphatic carbocycles. The van der Waals surface area contributed by atoms with Gasteiger partial charge in [-0.3, -0.25) is 4.79 Å². The predicted octanol–water partition coefficient (Wildman–Crippen LogP) is 0.0570. The highest BCUT2D eigenvalue weighted by atomic mass is 16.8. The monoisotopic (exact) mass is 598 g/mol. The van der Waals surface area contributed by atoms with Crippen LogP contribution >= 0.6 is 0 Å². The van der Waals surface area contributed by atoms with Crippen LogP contribution in [0.2, 0.25) is 0 Å². The predicted molar refractivity (Wildman–Crippen MR) is 144 cm³/mol. The van der Waals surface area contributed by atoms with Crippen molar-refractivity contribution in [3.8, 4) is 11.4 Å². The number of aliphatic hydroxyl groups is 4. The molecule has 1 saturated heterocycles. The Bertz CT molecular complexity index is 1640. The summed E-state index contributed by atoms with van der Waals surface area (Å²) in [5.74, 6) is -0.856. The molecule has 5 heterocycles. The third-order valence-corrected chi connectivity index (χ3v) is 8.08. The summed E-state index contributed by atoms with van der Waals surface area (Å²) < 4.78 is 28.1. The number of hydrogen-bond acceptors (Lipinski definition) is 13. The number of ether oxygens (including phenoxy) is 5. The molecule has 1 fully saturated rings. The van der Waals surface area contributed by atoms with Gasteiger partial charge < -0.3 is 48.7 Å². The summed E-state index contributed by atoms with van der Waals surface area (Å²) >= 11 is 0. The summed E-state index contributed by atoms with van der Waals surface area (Å²) in [7, 11) is 0. The zero-order valence-electron chi connectivity index (χ0n) is 23.0. The first-order valence-electron chi connectivity index (χ1n) is 13.8. The lowest BCUT2D eigenvalue weighted by molar-refractivity contribution is -0.302. The van der Waals surface area contributed by atoms with Gasteiger partial charge in [0.05, 0.1) is 42.2 Å². The fraction of sp³-hybridized carbons (Fsp3) is 0.448. The van der Waals surface area contributed by atoms with E-state index in [1.165, 1.54) is 0 Å². The summed E-state index contributed by atoms with van der Waals surface area (Å²) in [6.45, 7) is 0.243. The molecule has 6 rings (SSSR count). The van der Waals surface area contributed by atoms with Crippen LogP contribution in [0.25, 0.3) is 22.3 Å². The summed E-state index contributed by atoms with van der Waals surface area (Å²) in [6, 6.07) is 11.2. The van der Waals surface area contributed by atoms with Crippen LogP contribution in [0.15, 0.2) is 41.2 Å². The van der Waals surface area contributed by atoms with Crippen molar-refractivity contribution in [2.24, 2.45) is 0 Å². The Morgan fingerprint density at radius 3 is 2.67 bits per heavy atom. The van der Waals surface area contributed by atoms with Crippen molar-refractivity contribution < 1.29 is 53.7 Å². The first-order valence-corrected chi connectivity index (χ1v) is 13.8. The van der Waals surface area contributed by atoms with Gasteiger partial charge in [-0.15, -0.1) is 0 Å². The summed E-state index contributed by atoms with van der Waals surface area (Å²) in [6.07, 6.45) is -8.68. The van der Waals surface area contributed by atoms with E-state index in [1.54, 1.807) is 17.6 Å². The van der Waals surface area contributed by atoms with E-state index in [2.05, 4.69) is 0 Å². The Kier molecular flexibility index (Phi) is 7.66. The third-order valence-electron chi connectivity index (χ3n) is 8.08. The molecule has 0 bridgehead atoms. The number of cyclic esters (lactones) is 1. The molecule has 3 aromatic rings. The fourth-order valence-electron chi connectivity index (χ4n) is 5.75. The lowest BCUT2D eigenvalue weighted by atomic mass is 9.85. The molecule has 14 heteroatoms. The van der Waals surface area contributed by atoms with Crippen LogP contribution in [0.5, 0.6) is 0 Å². The second-order valence-corrected chi connectivity index (χ2v) is 10.5. The smallest absolute Gasteiger partial charge is 0.457 e. The molecule has 3 aliphatic heterocycles. The van der Waals surface area contributed by atoms with Gasteiger partial charge in [0, 0.05) is 16.5 Å². The van der Waals surface area contributed by atoms with Gasteiger partial charge in [0.25, 0.3) is 5.56 Å². The normalized spacial score (nSPS) is 27.7. The Morgan fingerprint density at radius 1 is 1.12 bits per heavy atom. The Balaban J connectivity index is 1.21. The van der Waals surface area contributed by atoms with Gasteiger partial charge >= 0.3 is 12.1 Å². The second kappa shape index (κ2) is 11.3. The fourth-order valence-corrected chi connectivity index (χ4v) is 5.75. The summed E-state index contributed by atoms with van der Waals surface area (Å²) in [4.78, 5) is 44.3. The molecule has 6 atom stereocenters. The average Bonchev–Trinajstić information content (AvgIpc) is 3.37. The van der Waals surface area contributed by atoms with Gasteiger partial charge in [0.2, 0.25) is 5.60 Å². The maximum atomic E-state index is 13.6. The molecule has 0 amide bonds. The summed E-state index contributed by atoms with van der Waals surface area (Å²) in [5, 5.41) is 40.1. The molecule has 0 spiro atoms. The third kappa shape index (κ3) is 4.85. The lowest BCUT2D eigenvalue weighted by Gasteiger charge is -2.39. The average molecular weight is 599 g/mol. The van der Waals surface area contributed by atoms with Gasteiger partial charge in [-0.25, -0.2) is 14.6 Å². The van der Waals surface area contributed by atoms with Crippen LogP contribution in [-0.4, -0.2) is 92.6 Å². The quantitative estimate of drug-likeness (QED) is 0.165. The molecule has 1 aromatic carbocycles. The molecule has 2 aromatic heterocycles. The minimum atomic E-state index is -1.96. The molecule has 0 saturated carbocycles. The van der Waals surface area contributed by atoms with Gasteiger partial charge in [0.1, 0.15) is 37.6 Å². The highest BCUT2D eigenvalue weighted by molar-refractivity contribution is 5.87. The van der Waals surface area contributed by atoms with E-state index in [0.717, 1.165) is 16.5 Å². The van der Waals surface area contributed by atoms with Gasteiger partial charge in [0.15, 0.2) is 6.29 Å². The largest absolute Gasteiger partial charge is 0.509 e. The molecule has 3 aliphatic rings. The number of carbonyl (C=O) groups excluding carboxylic acids is 2. The zero-order chi connectivity index (χ0) is 30.5. The minimum absolute atomic E-state index is 0.0593. The van der Waals surface area contributed by atoms with E-state index in [-0.39, 0.29) is 36.3 Å². The first-order chi connectivity index (χ1) is 20.7. The number of aromatic nitrogens is 2. The van der Waals surface area contributed by atoms with E-state index in [1.807, 2.05) is 30.3 Å². The van der Waals surface area contributed by atoms with Crippen molar-refractivity contribution in [1.82, 2.24) is 9.55 Å². The molecule has 3 unspecified atom stereocenters. The molecule has 14 nitrogen and oxygen atoms in total. The van der Waals surface area contributed by atoms with E-state index in [4.69, 9.17) is 28.7 Å². The molecular formula is C29H30N2O12. The molecule has 4 N–H and O–H groups in total. The van der Waals surface area contributed by atoms with Crippen molar-refractivity contribution in [3.63, 3.8) is 0 Å². The molecule has 0 radical (unpaired) electrons. The van der Waals surface area contributed by atoms with E-state index in [9.17, 15) is 34.8 Å². The lowest BCUT2D eigenvalue weighted by Crippen LogP contribution is -2.59. The van der Waals surface area contributed by atoms with Crippen LogP contribution in [0.4, 0.5) is 4.79 Å². The molecule has 228 valence electrons. The van der Waals surface area contributed by atoms with Gasteiger partial charge in [-0.05, 0) is 24.6 Å². The number of nitrogens with zero attached hydrogens (tertiary/aromatic N) is 2. The SMILES string of the molecule is CC[C@@]1(OC(=O)OCCOC2OC(CO)[C@@H](O)C(O)[C@H]2O)C(=O)OCc2c1cc1n(c2=O)Cc2cc3ccccc3nc2-1. The first kappa shape index (κ1) is 29.2. The minimum Gasteiger partial charge on any atom is -0.457 e. The van der Waals surface area contributed by atoms with E-state index in [0.29, 0.717) is 17.9 Å². The van der Waals surface area contributed by atoms with E-state index >= 15 is 0 Å². The summed E-state index contributed by atoms with van der Waals surface area (Å²) in [5.41, 5.74) is 0.694. The van der Waals surface area contributed by atoms with Crippen LogP contribution in [0.1, 0.15) is 30.0 Å². The van der Waals surface area contributed by atoms with Gasteiger partial charge in [-0.1, -0.05) is 25.1 Å². The van der Waals surface area contributed by atoms with Crippen molar-refractivity contribution >= 4 is 23.0 Å². The maximum absolute atomic E-state index is 13.6. The number of pyridine rings is 2. The number of hydrogen-bond donors (Lipinski definition) is 4. The van der Waals surface area contributed by atoms with Crippen molar-refractivity contribution in [2.75, 3.05) is 19.8 Å². The highest BCUT2D eigenvalue weighted by Gasteiger charge is 2.51. The van der Waals surface area contributed by atoms with Gasteiger partial charge in [-0.2, -0.15) is 0 Å². The number of para-hydroxylation sites is 1. The number of esters is 1. The number of benzene rings is 1. The molecule has 43 heavy (non-hydrogen) atoms. The Hall–Kier alpha value is -3.92. The number of fused-ring (bicyclic) bond motifs is 5. The maximum Gasteiger partial charge on any atom is 0.509 e. The number of rotatable bonds is 7. The molecular weight excluding hydrogens is 568 g/mol. The van der Waals surface area contributed by atoms with E-state index < -0.39 is 61.6 Å². The standard InChI is InChI=1S/C29H30N2O12/c1-2-29(43-28(38)40-8-7-39-26-24(35)23(34)22(33)20(12-32)42-26)17-10-19-21-15(9-14-5-3-4-6-18(14)30-21)11-31(19)25(36)16(17)13-41-27(29)37/h3-6,9-10,20,22-24,26,32-35H,2,7-8,11-13H2,1H3/t20?,22-,23?,24-,26?,29+/m1/s1. The van der Waals surface area contributed by atoms with Crippen LogP contribution in [0.3, 0.4) is 0 Å². The highest BCUT2D eigenvalue weighted by Crippen LogP contribution is 2.41.